The van der Waals surface area contributed by atoms with Crippen molar-refractivity contribution in [1.82, 2.24) is 14.9 Å². The SMILES string of the molecule is Cc1cc(C(=O)N2CCOCC2)nc(Nc2ccc(C(C)C)cc2)n1. The first-order chi connectivity index (χ1) is 12.0. The van der Waals surface area contributed by atoms with Crippen molar-refractivity contribution in [3.63, 3.8) is 0 Å². The van der Waals surface area contributed by atoms with Crippen LogP contribution in [0.4, 0.5) is 11.6 Å². The average molecular weight is 340 g/mol. The monoisotopic (exact) mass is 340 g/mol. The molecule has 6 heteroatoms. The lowest BCUT2D eigenvalue weighted by molar-refractivity contribution is 0.0299. The second-order valence-corrected chi connectivity index (χ2v) is 6.52. The fraction of sp³-hybridized carbons (Fsp3) is 0.421. The Balaban J connectivity index is 1.77. The summed E-state index contributed by atoms with van der Waals surface area (Å²) in [5.41, 5.74) is 3.35. The van der Waals surface area contributed by atoms with E-state index >= 15 is 0 Å². The first-order valence-corrected chi connectivity index (χ1v) is 8.62. The summed E-state index contributed by atoms with van der Waals surface area (Å²) in [5.74, 6) is 0.850. The van der Waals surface area contributed by atoms with Crippen LogP contribution in [0.5, 0.6) is 0 Å². The Morgan fingerprint density at radius 2 is 1.84 bits per heavy atom. The Bertz CT molecular complexity index is 738. The Morgan fingerprint density at radius 3 is 2.48 bits per heavy atom. The summed E-state index contributed by atoms with van der Waals surface area (Å²) in [4.78, 5) is 23.2. The molecule has 1 aliphatic rings. The number of aromatic nitrogens is 2. The highest BCUT2D eigenvalue weighted by Crippen LogP contribution is 2.19. The van der Waals surface area contributed by atoms with Gasteiger partial charge in [0.15, 0.2) is 0 Å². The van der Waals surface area contributed by atoms with Crippen molar-refractivity contribution >= 4 is 17.5 Å². The van der Waals surface area contributed by atoms with Gasteiger partial charge in [0.05, 0.1) is 13.2 Å². The number of rotatable bonds is 4. The number of carbonyl (C=O) groups excluding carboxylic acids is 1. The van der Waals surface area contributed by atoms with Crippen LogP contribution < -0.4 is 5.32 Å². The van der Waals surface area contributed by atoms with Crippen molar-refractivity contribution in [2.24, 2.45) is 0 Å². The third kappa shape index (κ3) is 4.33. The van der Waals surface area contributed by atoms with Crippen molar-refractivity contribution in [1.29, 1.82) is 0 Å². The molecule has 6 nitrogen and oxygen atoms in total. The minimum Gasteiger partial charge on any atom is -0.378 e. The normalized spacial score (nSPS) is 14.6. The highest BCUT2D eigenvalue weighted by Gasteiger charge is 2.20. The van der Waals surface area contributed by atoms with E-state index in [2.05, 4.69) is 41.3 Å². The Labute approximate surface area is 148 Å². The van der Waals surface area contributed by atoms with E-state index < -0.39 is 0 Å². The van der Waals surface area contributed by atoms with Crippen molar-refractivity contribution in [3.8, 4) is 0 Å². The third-order valence-corrected chi connectivity index (χ3v) is 4.21. The molecule has 25 heavy (non-hydrogen) atoms. The molecule has 2 aromatic rings. The van der Waals surface area contributed by atoms with Crippen molar-refractivity contribution in [3.05, 3.63) is 47.3 Å². The first-order valence-electron chi connectivity index (χ1n) is 8.62. The number of nitrogens with zero attached hydrogens (tertiary/aromatic N) is 3. The summed E-state index contributed by atoms with van der Waals surface area (Å²) >= 11 is 0. The van der Waals surface area contributed by atoms with Gasteiger partial charge in [0.25, 0.3) is 5.91 Å². The topological polar surface area (TPSA) is 67.4 Å². The summed E-state index contributed by atoms with van der Waals surface area (Å²) in [7, 11) is 0. The lowest BCUT2D eigenvalue weighted by Crippen LogP contribution is -2.41. The molecule has 1 saturated heterocycles. The molecule has 1 amide bonds. The molecule has 0 spiro atoms. The van der Waals surface area contributed by atoms with Gasteiger partial charge >= 0.3 is 0 Å². The lowest BCUT2D eigenvalue weighted by Gasteiger charge is -2.26. The molecular weight excluding hydrogens is 316 g/mol. The van der Waals surface area contributed by atoms with Gasteiger partial charge in [-0.1, -0.05) is 26.0 Å². The molecule has 0 bridgehead atoms. The Morgan fingerprint density at radius 1 is 1.16 bits per heavy atom. The largest absolute Gasteiger partial charge is 0.378 e. The molecule has 1 aliphatic heterocycles. The fourth-order valence-corrected chi connectivity index (χ4v) is 2.74. The molecule has 3 rings (SSSR count). The quantitative estimate of drug-likeness (QED) is 0.926. The maximum atomic E-state index is 12.6. The number of aryl methyl sites for hydroxylation is 1. The minimum absolute atomic E-state index is 0.0768. The van der Waals surface area contributed by atoms with Crippen LogP contribution in [0.2, 0.25) is 0 Å². The van der Waals surface area contributed by atoms with Crippen molar-refractivity contribution < 1.29 is 9.53 Å². The number of amides is 1. The van der Waals surface area contributed by atoms with Gasteiger partial charge in [-0.2, -0.15) is 0 Å². The number of morpholine rings is 1. The molecule has 2 heterocycles. The van der Waals surface area contributed by atoms with Crippen LogP contribution in [0.25, 0.3) is 0 Å². The molecule has 0 aliphatic carbocycles. The maximum absolute atomic E-state index is 12.6. The first kappa shape index (κ1) is 17.4. The molecular formula is C19H24N4O2. The summed E-state index contributed by atoms with van der Waals surface area (Å²) in [5, 5.41) is 3.19. The van der Waals surface area contributed by atoms with E-state index in [0.717, 1.165) is 11.4 Å². The maximum Gasteiger partial charge on any atom is 0.272 e. The van der Waals surface area contributed by atoms with E-state index in [1.54, 1.807) is 11.0 Å². The standard InChI is InChI=1S/C19H24N4O2/c1-13(2)15-4-6-16(7-5-15)21-19-20-14(3)12-17(22-19)18(24)23-8-10-25-11-9-23/h4-7,12-13H,8-11H2,1-3H3,(H,20,21,22). The van der Waals surface area contributed by atoms with Crippen LogP contribution in [0.1, 0.15) is 41.5 Å². The van der Waals surface area contributed by atoms with E-state index in [9.17, 15) is 4.79 Å². The summed E-state index contributed by atoms with van der Waals surface area (Å²) in [6.45, 7) is 8.53. The molecule has 1 N–H and O–H groups in total. The van der Waals surface area contributed by atoms with Gasteiger partial charge in [0.2, 0.25) is 5.95 Å². The number of anilines is 2. The Kier molecular flexibility index (Phi) is 5.28. The molecule has 1 aromatic heterocycles. The molecule has 0 unspecified atom stereocenters. The zero-order chi connectivity index (χ0) is 17.8. The van der Waals surface area contributed by atoms with Gasteiger partial charge < -0.3 is 15.0 Å². The third-order valence-electron chi connectivity index (χ3n) is 4.21. The second-order valence-electron chi connectivity index (χ2n) is 6.52. The van der Waals surface area contributed by atoms with Gasteiger partial charge in [-0.3, -0.25) is 4.79 Å². The van der Waals surface area contributed by atoms with Crippen LogP contribution in [0.3, 0.4) is 0 Å². The fourth-order valence-electron chi connectivity index (χ4n) is 2.74. The smallest absolute Gasteiger partial charge is 0.272 e. The van der Waals surface area contributed by atoms with Crippen LogP contribution in [0, 0.1) is 6.92 Å². The van der Waals surface area contributed by atoms with Crippen LogP contribution in [0.15, 0.2) is 30.3 Å². The van der Waals surface area contributed by atoms with E-state index in [1.165, 1.54) is 5.56 Å². The van der Waals surface area contributed by atoms with Crippen LogP contribution in [-0.2, 0) is 4.74 Å². The number of hydrogen-bond acceptors (Lipinski definition) is 5. The van der Waals surface area contributed by atoms with Crippen molar-refractivity contribution in [2.45, 2.75) is 26.7 Å². The summed E-state index contributed by atoms with van der Waals surface area (Å²) in [6, 6.07) is 9.91. The molecule has 0 radical (unpaired) electrons. The Hall–Kier alpha value is -2.47. The summed E-state index contributed by atoms with van der Waals surface area (Å²) < 4.78 is 5.30. The van der Waals surface area contributed by atoms with Crippen LogP contribution >= 0.6 is 0 Å². The summed E-state index contributed by atoms with van der Waals surface area (Å²) in [6.07, 6.45) is 0. The predicted octanol–water partition coefficient (Wildman–Crippen LogP) is 3.12. The molecule has 132 valence electrons. The lowest BCUT2D eigenvalue weighted by atomic mass is 10.0. The van der Waals surface area contributed by atoms with Crippen LogP contribution in [-0.4, -0.2) is 47.1 Å². The zero-order valence-electron chi connectivity index (χ0n) is 15.0. The van der Waals surface area contributed by atoms with Crippen molar-refractivity contribution in [2.75, 3.05) is 31.6 Å². The molecule has 0 atom stereocenters. The molecule has 1 fully saturated rings. The van der Waals surface area contributed by atoms with Gasteiger partial charge in [0.1, 0.15) is 5.69 Å². The van der Waals surface area contributed by atoms with E-state index in [1.807, 2.05) is 19.1 Å². The number of hydrogen-bond donors (Lipinski definition) is 1. The zero-order valence-corrected chi connectivity index (χ0v) is 15.0. The molecule has 1 aromatic carbocycles. The van der Waals surface area contributed by atoms with E-state index in [4.69, 9.17) is 4.74 Å². The van der Waals surface area contributed by atoms with Gasteiger partial charge in [-0.05, 0) is 36.6 Å². The predicted molar refractivity (Wildman–Crippen MR) is 97.3 cm³/mol. The highest BCUT2D eigenvalue weighted by molar-refractivity contribution is 5.92. The number of ether oxygens (including phenoxy) is 1. The van der Waals surface area contributed by atoms with Gasteiger partial charge in [-0.25, -0.2) is 9.97 Å². The number of benzene rings is 1. The van der Waals surface area contributed by atoms with Gasteiger partial charge in [0, 0.05) is 24.5 Å². The average Bonchev–Trinajstić information content (AvgIpc) is 2.62. The minimum atomic E-state index is -0.0768. The molecule has 0 saturated carbocycles. The highest BCUT2D eigenvalue weighted by atomic mass is 16.5. The van der Waals surface area contributed by atoms with E-state index in [0.29, 0.717) is 43.9 Å². The number of carbonyl (C=O) groups is 1. The second kappa shape index (κ2) is 7.61. The van der Waals surface area contributed by atoms with E-state index in [-0.39, 0.29) is 5.91 Å². The van der Waals surface area contributed by atoms with Gasteiger partial charge in [-0.15, -0.1) is 0 Å². The number of nitrogens with one attached hydrogen (secondary N) is 1.